The number of hydrogen-bond donors (Lipinski definition) is 0. The van der Waals surface area contributed by atoms with Crippen LogP contribution < -0.4 is 0 Å². The van der Waals surface area contributed by atoms with Crippen LogP contribution in [0.3, 0.4) is 0 Å². The Labute approximate surface area is 185 Å². The van der Waals surface area contributed by atoms with E-state index in [1.54, 1.807) is 0 Å². The molecule has 1 unspecified atom stereocenters. The summed E-state index contributed by atoms with van der Waals surface area (Å²) in [6, 6.07) is 10.6. The molecule has 0 radical (unpaired) electrons. The lowest BCUT2D eigenvalue weighted by atomic mass is 9.76. The van der Waals surface area contributed by atoms with Crippen molar-refractivity contribution in [2.45, 2.75) is 85.5 Å². The lowest BCUT2D eigenvalue weighted by Crippen LogP contribution is -2.16. The van der Waals surface area contributed by atoms with Crippen molar-refractivity contribution in [3.63, 3.8) is 0 Å². The van der Waals surface area contributed by atoms with Crippen molar-refractivity contribution in [3.8, 4) is 0 Å². The van der Waals surface area contributed by atoms with E-state index < -0.39 is 0 Å². The molecule has 0 N–H and O–H groups in total. The Morgan fingerprint density at radius 3 is 2.21 bits per heavy atom. The number of allylic oxidation sites excluding steroid dienone is 7. The third-order valence-corrected chi connectivity index (χ3v) is 6.98. The molecule has 0 nitrogen and oxygen atoms in total. The Hall–Kier alpha value is -1.47. The van der Waals surface area contributed by atoms with Crippen LogP contribution in [-0.2, 0) is 0 Å². The molecule has 1 aromatic carbocycles. The predicted molar refractivity (Wildman–Crippen MR) is 135 cm³/mol. The maximum absolute atomic E-state index is 2.45. The summed E-state index contributed by atoms with van der Waals surface area (Å²) in [5, 5.41) is 0. The Kier molecular flexibility index (Phi) is 12.1. The van der Waals surface area contributed by atoms with Gasteiger partial charge in [0.05, 0.1) is 0 Å². The fraction of sp³-hybridized carbons (Fsp3) is 0.500. The molecule has 0 saturated heterocycles. The summed E-state index contributed by atoms with van der Waals surface area (Å²) in [6.07, 6.45) is 15.4. The van der Waals surface area contributed by atoms with Crippen molar-refractivity contribution in [2.75, 3.05) is 5.75 Å². The predicted octanol–water partition coefficient (Wildman–Crippen LogP) is 9.56. The van der Waals surface area contributed by atoms with Crippen LogP contribution in [0.4, 0.5) is 0 Å². The fourth-order valence-electron chi connectivity index (χ4n) is 3.45. The van der Waals surface area contributed by atoms with E-state index in [4.69, 9.17) is 0 Å². The van der Waals surface area contributed by atoms with Gasteiger partial charge in [-0.2, -0.15) is 0 Å². The van der Waals surface area contributed by atoms with Crippen LogP contribution in [0.25, 0.3) is 0 Å². The minimum Gasteiger partial charge on any atom is -0.122 e. The van der Waals surface area contributed by atoms with Gasteiger partial charge >= 0.3 is 0 Å². The molecule has 1 rings (SSSR count). The molecule has 0 aromatic heterocycles. The van der Waals surface area contributed by atoms with Crippen molar-refractivity contribution in [1.29, 1.82) is 0 Å². The Balaban J connectivity index is 2.70. The van der Waals surface area contributed by atoms with Gasteiger partial charge in [0, 0.05) is 10.6 Å². The van der Waals surface area contributed by atoms with E-state index in [2.05, 4.69) is 103 Å². The largest absolute Gasteiger partial charge is 0.122 e. The van der Waals surface area contributed by atoms with E-state index in [0.717, 1.165) is 18.6 Å². The summed E-state index contributed by atoms with van der Waals surface area (Å²) in [4.78, 5) is 1.34. The summed E-state index contributed by atoms with van der Waals surface area (Å²) in [6.45, 7) is 16.0. The molecule has 0 aliphatic carbocycles. The molecule has 0 aliphatic rings. The molecule has 0 amide bonds. The average Bonchev–Trinajstić information content (AvgIpc) is 2.71. The first-order valence-corrected chi connectivity index (χ1v) is 12.2. The summed E-state index contributed by atoms with van der Waals surface area (Å²) in [7, 11) is 0. The molecule has 1 heteroatoms. The third-order valence-electron chi connectivity index (χ3n) is 6.04. The first-order chi connectivity index (χ1) is 13.8. The van der Waals surface area contributed by atoms with Crippen molar-refractivity contribution in [2.24, 2.45) is 5.41 Å². The zero-order valence-electron chi connectivity index (χ0n) is 19.8. The zero-order chi connectivity index (χ0) is 21.7. The van der Waals surface area contributed by atoms with E-state index in [1.807, 2.05) is 11.8 Å². The summed E-state index contributed by atoms with van der Waals surface area (Å²) < 4.78 is 0. The fourth-order valence-corrected chi connectivity index (χ4v) is 4.33. The summed E-state index contributed by atoms with van der Waals surface area (Å²) in [5.41, 5.74) is 6.17. The summed E-state index contributed by atoms with van der Waals surface area (Å²) in [5.74, 6) is 1.03. The highest BCUT2D eigenvalue weighted by molar-refractivity contribution is 7.99. The highest BCUT2D eigenvalue weighted by Crippen LogP contribution is 2.36. The lowest BCUT2D eigenvalue weighted by Gasteiger charge is -2.29. The molecular weight excluding hydrogens is 368 g/mol. The van der Waals surface area contributed by atoms with Gasteiger partial charge in [0.25, 0.3) is 0 Å². The molecule has 160 valence electrons. The van der Waals surface area contributed by atoms with Crippen LogP contribution in [0.2, 0.25) is 0 Å². The number of thioether (sulfide) groups is 1. The molecule has 0 saturated carbocycles. The van der Waals surface area contributed by atoms with E-state index in [9.17, 15) is 0 Å². The number of benzene rings is 1. The standard InChI is InChI=1S/C28H42S/c1-8-26(24(5)20-22-29-27-18-11-10-12-19-27)17-13-16-25(6)28(7,9-2)21-14-15-23(3)4/h10-12,15-20H,8-9,13-14,21-22H2,1-7H3/b24-20+,25-16+,26-17+. The van der Waals surface area contributed by atoms with Gasteiger partial charge in [-0.25, -0.2) is 0 Å². The Bertz CT molecular complexity index is 714. The van der Waals surface area contributed by atoms with Crippen molar-refractivity contribution in [1.82, 2.24) is 0 Å². The first-order valence-electron chi connectivity index (χ1n) is 11.2. The van der Waals surface area contributed by atoms with Gasteiger partial charge in [-0.05, 0) is 82.9 Å². The molecule has 1 atom stereocenters. The van der Waals surface area contributed by atoms with Gasteiger partial charge in [0.1, 0.15) is 0 Å². The van der Waals surface area contributed by atoms with Gasteiger partial charge in [0.15, 0.2) is 0 Å². The normalized spacial score (nSPS) is 15.2. The SMILES string of the molecule is CCC(=C\C/C=C(\C)C(C)(CC)CCC=C(C)C)/C(C)=C/CSc1ccccc1. The molecule has 0 bridgehead atoms. The second kappa shape index (κ2) is 13.7. The van der Waals surface area contributed by atoms with Crippen molar-refractivity contribution in [3.05, 3.63) is 76.9 Å². The summed E-state index contributed by atoms with van der Waals surface area (Å²) >= 11 is 1.90. The number of hydrogen-bond acceptors (Lipinski definition) is 1. The minimum absolute atomic E-state index is 0.309. The van der Waals surface area contributed by atoms with E-state index in [0.29, 0.717) is 5.41 Å². The van der Waals surface area contributed by atoms with Gasteiger partial charge in [-0.15, -0.1) is 11.8 Å². The van der Waals surface area contributed by atoms with Crippen LogP contribution in [0, 0.1) is 5.41 Å². The smallest absolute Gasteiger partial charge is 0.0166 e. The second-order valence-corrected chi connectivity index (χ2v) is 9.54. The molecule has 29 heavy (non-hydrogen) atoms. The molecule has 0 heterocycles. The second-order valence-electron chi connectivity index (χ2n) is 8.45. The van der Waals surface area contributed by atoms with E-state index in [1.165, 1.54) is 46.5 Å². The third kappa shape index (κ3) is 9.72. The van der Waals surface area contributed by atoms with Crippen LogP contribution in [-0.4, -0.2) is 5.75 Å². The van der Waals surface area contributed by atoms with Gasteiger partial charge in [0.2, 0.25) is 0 Å². The molecule has 0 spiro atoms. The molecule has 0 aliphatic heterocycles. The van der Waals surface area contributed by atoms with E-state index >= 15 is 0 Å². The maximum Gasteiger partial charge on any atom is 0.0166 e. The van der Waals surface area contributed by atoms with Gasteiger partial charge in [-0.1, -0.05) is 80.0 Å². The zero-order valence-corrected chi connectivity index (χ0v) is 20.7. The number of rotatable bonds is 12. The lowest BCUT2D eigenvalue weighted by molar-refractivity contribution is 0.353. The topological polar surface area (TPSA) is 0 Å². The van der Waals surface area contributed by atoms with Crippen LogP contribution in [0.1, 0.15) is 80.6 Å². The van der Waals surface area contributed by atoms with Crippen LogP contribution in [0.5, 0.6) is 0 Å². The van der Waals surface area contributed by atoms with Crippen LogP contribution >= 0.6 is 11.8 Å². The van der Waals surface area contributed by atoms with Gasteiger partial charge in [-0.3, -0.25) is 0 Å². The highest BCUT2D eigenvalue weighted by atomic mass is 32.2. The minimum atomic E-state index is 0.309. The van der Waals surface area contributed by atoms with Crippen molar-refractivity contribution < 1.29 is 0 Å². The maximum atomic E-state index is 2.45. The van der Waals surface area contributed by atoms with Crippen molar-refractivity contribution >= 4 is 11.8 Å². The Morgan fingerprint density at radius 1 is 0.931 bits per heavy atom. The molecular formula is C28H42S. The highest BCUT2D eigenvalue weighted by Gasteiger charge is 2.22. The monoisotopic (exact) mass is 410 g/mol. The first kappa shape index (κ1) is 25.6. The van der Waals surface area contributed by atoms with E-state index in [-0.39, 0.29) is 0 Å². The molecule has 0 fully saturated rings. The Morgan fingerprint density at radius 2 is 1.62 bits per heavy atom. The molecule has 1 aromatic rings. The average molecular weight is 411 g/mol. The van der Waals surface area contributed by atoms with Gasteiger partial charge < -0.3 is 0 Å². The van der Waals surface area contributed by atoms with Crippen LogP contribution in [0.15, 0.2) is 81.8 Å². The quantitative estimate of drug-likeness (QED) is 0.188.